The minimum absolute atomic E-state index is 0.0275. The molecule has 7 nitrogen and oxygen atoms in total. The molecule has 0 bridgehead atoms. The number of halogens is 1. The fourth-order valence-corrected chi connectivity index (χ4v) is 4.79. The molecule has 1 unspecified atom stereocenters. The number of fused-ring (bicyclic) bond motifs is 1. The Hall–Kier alpha value is -4.80. The van der Waals surface area contributed by atoms with Gasteiger partial charge in [0.1, 0.15) is 22.5 Å². The number of aromatic nitrogens is 1. The van der Waals surface area contributed by atoms with Gasteiger partial charge in [-0.2, -0.15) is 10.3 Å². The normalized spacial score (nSPS) is 15.5. The Balaban J connectivity index is 1.69. The third-order valence-electron chi connectivity index (χ3n) is 6.08. The monoisotopic (exact) mass is 491 g/mol. The number of nitrogens with zero attached hydrogens (tertiary/aromatic N) is 5. The Labute approximate surface area is 211 Å². The van der Waals surface area contributed by atoms with Crippen molar-refractivity contribution in [3.05, 3.63) is 120 Å². The van der Waals surface area contributed by atoms with E-state index in [1.54, 1.807) is 23.3 Å². The van der Waals surface area contributed by atoms with Gasteiger partial charge in [-0.3, -0.25) is 4.90 Å². The summed E-state index contributed by atoms with van der Waals surface area (Å²) in [6.45, 7) is 0. The van der Waals surface area contributed by atoms with Crippen LogP contribution in [0.5, 0.6) is 0 Å². The van der Waals surface area contributed by atoms with Crippen LogP contribution in [0.4, 0.5) is 21.9 Å². The number of urea groups is 1. The summed E-state index contributed by atoms with van der Waals surface area (Å²) in [4.78, 5) is 20.5. The number of rotatable bonds is 4. The van der Waals surface area contributed by atoms with Crippen molar-refractivity contribution in [1.82, 2.24) is 4.98 Å². The zero-order valence-electron chi connectivity index (χ0n) is 18.8. The molecule has 8 heteroatoms. The molecule has 1 atom stereocenters. The molecular formula is C28H18ClN5O2. The first-order chi connectivity index (χ1) is 17.7. The lowest BCUT2D eigenvalue weighted by molar-refractivity contribution is 0.255. The lowest BCUT2D eigenvalue weighted by Crippen LogP contribution is -2.40. The smallest absolute Gasteiger partial charge is 0.350 e. The topological polar surface area (TPSA) is 76.6 Å². The molecule has 36 heavy (non-hydrogen) atoms. The van der Waals surface area contributed by atoms with Crippen molar-refractivity contribution in [2.45, 2.75) is 6.17 Å². The molecule has 1 aliphatic rings. The van der Waals surface area contributed by atoms with Crippen molar-refractivity contribution in [3.63, 3.8) is 0 Å². The summed E-state index contributed by atoms with van der Waals surface area (Å²) in [7, 11) is 0. The van der Waals surface area contributed by atoms with Crippen molar-refractivity contribution in [2.75, 3.05) is 14.9 Å². The second-order valence-electron chi connectivity index (χ2n) is 8.12. The highest BCUT2D eigenvalue weighted by molar-refractivity contribution is 6.32. The number of hydrazine groups is 1. The molecule has 1 aliphatic heterocycles. The van der Waals surface area contributed by atoms with E-state index in [0.717, 1.165) is 5.69 Å². The molecule has 0 radical (unpaired) electrons. The molecule has 0 saturated carbocycles. The van der Waals surface area contributed by atoms with Crippen LogP contribution in [0.15, 0.2) is 108 Å². The number of furan rings is 1. The molecule has 2 amide bonds. The van der Waals surface area contributed by atoms with E-state index in [2.05, 4.69) is 11.1 Å². The Morgan fingerprint density at radius 2 is 1.53 bits per heavy atom. The van der Waals surface area contributed by atoms with E-state index < -0.39 is 6.17 Å². The highest BCUT2D eigenvalue weighted by atomic mass is 35.5. The van der Waals surface area contributed by atoms with E-state index in [1.807, 2.05) is 89.9 Å². The number of anilines is 3. The minimum Gasteiger partial charge on any atom is -0.465 e. The SMILES string of the molecule is N#Cc1c(Cl)nc2ccccc2c1N1C(=O)N(c2ccccc2)C(c2ccco2)N1c1ccccc1. The highest BCUT2D eigenvalue weighted by Crippen LogP contribution is 2.46. The lowest BCUT2D eigenvalue weighted by atomic mass is 10.1. The fourth-order valence-electron chi connectivity index (χ4n) is 4.57. The van der Waals surface area contributed by atoms with Crippen LogP contribution in [0.1, 0.15) is 17.5 Å². The number of amides is 2. The number of benzene rings is 3. The lowest BCUT2D eigenvalue weighted by Gasteiger charge is -2.33. The van der Waals surface area contributed by atoms with Crippen LogP contribution < -0.4 is 14.9 Å². The molecule has 2 aromatic heterocycles. The number of pyridine rings is 1. The first-order valence-electron chi connectivity index (χ1n) is 11.2. The van der Waals surface area contributed by atoms with Gasteiger partial charge in [-0.1, -0.05) is 66.2 Å². The van der Waals surface area contributed by atoms with E-state index >= 15 is 0 Å². The van der Waals surface area contributed by atoms with Crippen LogP contribution in [-0.2, 0) is 0 Å². The molecule has 174 valence electrons. The summed E-state index contributed by atoms with van der Waals surface area (Å²) in [5.74, 6) is 0.557. The summed E-state index contributed by atoms with van der Waals surface area (Å²) in [5.41, 5.74) is 2.45. The Bertz CT molecular complexity index is 1600. The Morgan fingerprint density at radius 3 is 2.19 bits per heavy atom. The number of hydrogen-bond acceptors (Lipinski definition) is 5. The molecular weight excluding hydrogens is 474 g/mol. The first kappa shape index (κ1) is 21.7. The Kier molecular flexibility index (Phi) is 5.29. The van der Waals surface area contributed by atoms with E-state index in [9.17, 15) is 10.1 Å². The molecule has 0 N–H and O–H groups in total. The van der Waals surface area contributed by atoms with Crippen molar-refractivity contribution in [1.29, 1.82) is 5.26 Å². The average molecular weight is 492 g/mol. The van der Waals surface area contributed by atoms with E-state index in [0.29, 0.717) is 28.0 Å². The summed E-state index contributed by atoms with van der Waals surface area (Å²) in [6, 6.07) is 31.6. The predicted molar refractivity (Wildman–Crippen MR) is 139 cm³/mol. The van der Waals surface area contributed by atoms with Gasteiger partial charge in [-0.15, -0.1) is 0 Å². The first-order valence-corrected chi connectivity index (χ1v) is 11.6. The Morgan fingerprint density at radius 1 is 0.861 bits per heavy atom. The molecule has 3 aromatic carbocycles. The van der Waals surface area contributed by atoms with Crippen molar-refractivity contribution < 1.29 is 9.21 Å². The minimum atomic E-state index is -0.672. The van der Waals surface area contributed by atoms with Crippen LogP contribution in [0, 0.1) is 11.3 Å². The quantitative estimate of drug-likeness (QED) is 0.255. The van der Waals surface area contributed by atoms with Crippen molar-refractivity contribution >= 4 is 45.6 Å². The zero-order chi connectivity index (χ0) is 24.6. The summed E-state index contributed by atoms with van der Waals surface area (Å²) in [5, 5.41) is 14.1. The standard InChI is InChI=1S/C28H18ClN5O2/c29-26-22(18-30)25(21-14-7-8-15-23(21)31-26)34-28(35)32(19-10-3-1-4-11-19)27(24-16-9-17-36-24)33(34)20-12-5-2-6-13-20/h1-17,27H. The van der Waals surface area contributed by atoms with Crippen LogP contribution in [0.3, 0.4) is 0 Å². The van der Waals surface area contributed by atoms with Gasteiger partial charge in [0.25, 0.3) is 0 Å². The number of carbonyl (C=O) groups excluding carboxylic acids is 1. The molecule has 1 saturated heterocycles. The molecule has 5 aromatic rings. The maximum absolute atomic E-state index is 14.4. The number of para-hydroxylation sites is 3. The van der Waals surface area contributed by atoms with Gasteiger partial charge in [-0.25, -0.2) is 14.8 Å². The van der Waals surface area contributed by atoms with E-state index in [4.69, 9.17) is 16.0 Å². The second kappa shape index (κ2) is 8.77. The molecule has 1 fully saturated rings. The molecule has 0 spiro atoms. The van der Waals surface area contributed by atoms with E-state index in [1.165, 1.54) is 5.01 Å². The fraction of sp³-hybridized carbons (Fsp3) is 0.0357. The van der Waals surface area contributed by atoms with Gasteiger partial charge >= 0.3 is 6.03 Å². The maximum Gasteiger partial charge on any atom is 0.350 e. The summed E-state index contributed by atoms with van der Waals surface area (Å²) in [6.07, 6.45) is 0.906. The third kappa shape index (κ3) is 3.35. The average Bonchev–Trinajstić information content (AvgIpc) is 3.55. The zero-order valence-corrected chi connectivity index (χ0v) is 19.6. The number of nitriles is 1. The maximum atomic E-state index is 14.4. The van der Waals surface area contributed by atoms with Gasteiger partial charge in [0.05, 0.1) is 23.2 Å². The second-order valence-corrected chi connectivity index (χ2v) is 8.48. The largest absolute Gasteiger partial charge is 0.465 e. The number of carbonyl (C=O) groups is 1. The van der Waals surface area contributed by atoms with Gasteiger partial charge in [0.2, 0.25) is 0 Å². The van der Waals surface area contributed by atoms with Crippen molar-refractivity contribution in [2.24, 2.45) is 0 Å². The third-order valence-corrected chi connectivity index (χ3v) is 6.35. The van der Waals surface area contributed by atoms with Gasteiger partial charge < -0.3 is 4.42 Å². The summed E-state index contributed by atoms with van der Waals surface area (Å²) < 4.78 is 5.86. The van der Waals surface area contributed by atoms with Crippen LogP contribution in [-0.4, -0.2) is 11.0 Å². The van der Waals surface area contributed by atoms with Crippen LogP contribution in [0.2, 0.25) is 5.15 Å². The number of hydrogen-bond donors (Lipinski definition) is 0. The highest BCUT2D eigenvalue weighted by Gasteiger charge is 2.49. The summed E-state index contributed by atoms with van der Waals surface area (Å²) >= 11 is 6.50. The van der Waals surface area contributed by atoms with Gasteiger partial charge in [0, 0.05) is 11.1 Å². The molecule has 3 heterocycles. The van der Waals surface area contributed by atoms with Crippen LogP contribution >= 0.6 is 11.6 Å². The predicted octanol–water partition coefficient (Wildman–Crippen LogP) is 6.92. The molecule has 6 rings (SSSR count). The van der Waals surface area contributed by atoms with E-state index in [-0.39, 0.29) is 16.7 Å². The van der Waals surface area contributed by atoms with Gasteiger partial charge in [0.15, 0.2) is 6.17 Å². The van der Waals surface area contributed by atoms with Crippen LogP contribution in [0.25, 0.3) is 10.9 Å². The molecule has 0 aliphatic carbocycles. The van der Waals surface area contributed by atoms with Crippen molar-refractivity contribution in [3.8, 4) is 6.07 Å². The van der Waals surface area contributed by atoms with Gasteiger partial charge in [-0.05, 0) is 42.5 Å².